The van der Waals surface area contributed by atoms with E-state index in [0.717, 1.165) is 12.8 Å². The Morgan fingerprint density at radius 2 is 1.41 bits per heavy atom. The molecule has 0 atom stereocenters. The fourth-order valence-corrected chi connectivity index (χ4v) is 2.95. The van der Waals surface area contributed by atoms with Crippen molar-refractivity contribution in [3.05, 3.63) is 17.9 Å². The number of carbonyl (C=O) groups is 2. The predicted octanol–water partition coefficient (Wildman–Crippen LogP) is 6.11. The van der Waals surface area contributed by atoms with Gasteiger partial charge in [0.25, 0.3) is 5.95 Å². The first-order chi connectivity index (χ1) is 13.2. The minimum absolute atomic E-state index is 0.130. The summed E-state index contributed by atoms with van der Waals surface area (Å²) in [6.07, 6.45) is 15.3. The van der Waals surface area contributed by atoms with Crippen molar-refractivity contribution in [2.24, 2.45) is 0 Å². The zero-order valence-corrected chi connectivity index (χ0v) is 17.1. The van der Waals surface area contributed by atoms with Crippen molar-refractivity contribution in [3.8, 4) is 5.95 Å². The van der Waals surface area contributed by atoms with Crippen molar-refractivity contribution in [1.82, 2.24) is 0 Å². The summed E-state index contributed by atoms with van der Waals surface area (Å²) >= 11 is 0. The number of esters is 1. The lowest BCUT2D eigenvalue weighted by molar-refractivity contribution is -0.139. The van der Waals surface area contributed by atoms with Gasteiger partial charge in [0.05, 0.1) is 13.7 Å². The van der Waals surface area contributed by atoms with Crippen LogP contribution in [-0.2, 0) is 9.53 Å². The number of rotatable bonds is 17. The summed E-state index contributed by atoms with van der Waals surface area (Å²) in [5, 5.41) is 0. The van der Waals surface area contributed by atoms with E-state index in [1.807, 2.05) is 0 Å². The van der Waals surface area contributed by atoms with Crippen LogP contribution in [0.3, 0.4) is 0 Å². The van der Waals surface area contributed by atoms with E-state index >= 15 is 0 Å². The first-order valence-corrected chi connectivity index (χ1v) is 10.5. The van der Waals surface area contributed by atoms with Crippen molar-refractivity contribution in [1.29, 1.82) is 0 Å². The van der Waals surface area contributed by atoms with Crippen molar-refractivity contribution < 1.29 is 23.5 Å². The number of methoxy groups -OCH3 is 1. The van der Waals surface area contributed by atoms with Gasteiger partial charge in [0.2, 0.25) is 5.78 Å². The zero-order chi connectivity index (χ0) is 19.7. The molecule has 0 saturated heterocycles. The molecular formula is C22H36O5. The van der Waals surface area contributed by atoms with Gasteiger partial charge in [-0.3, -0.25) is 9.59 Å². The van der Waals surface area contributed by atoms with Gasteiger partial charge in [0.15, 0.2) is 5.76 Å². The molecule has 5 nitrogen and oxygen atoms in total. The van der Waals surface area contributed by atoms with Crippen LogP contribution in [0.2, 0.25) is 0 Å². The molecule has 0 N–H and O–H groups in total. The minimum atomic E-state index is -0.574. The normalized spacial score (nSPS) is 10.7. The lowest BCUT2D eigenvalue weighted by Gasteiger charge is -2.04. The number of unbranched alkanes of at least 4 members (excludes halogenated alkanes) is 11. The van der Waals surface area contributed by atoms with E-state index in [2.05, 4.69) is 11.7 Å². The molecule has 0 saturated carbocycles. The van der Waals surface area contributed by atoms with Gasteiger partial charge >= 0.3 is 5.97 Å². The van der Waals surface area contributed by atoms with Gasteiger partial charge in [-0.1, -0.05) is 77.6 Å². The number of Topliss-reactive ketones (excluding diaryl/α,β-unsaturated/α-hetero) is 1. The molecule has 154 valence electrons. The van der Waals surface area contributed by atoms with Crippen molar-refractivity contribution in [3.63, 3.8) is 0 Å². The number of carbonyl (C=O) groups excluding carboxylic acids is 2. The molecule has 1 rings (SSSR count). The molecule has 27 heavy (non-hydrogen) atoms. The number of ketones is 1. The van der Waals surface area contributed by atoms with Gasteiger partial charge in [0.1, 0.15) is 6.42 Å². The second-order valence-electron chi connectivity index (χ2n) is 7.03. The Balaban J connectivity index is 1.97. The summed E-state index contributed by atoms with van der Waals surface area (Å²) in [5.74, 6) is -0.520. The quantitative estimate of drug-likeness (QED) is 0.141. The lowest BCUT2D eigenvalue weighted by Crippen LogP contribution is -2.08. The zero-order valence-electron chi connectivity index (χ0n) is 17.1. The average molecular weight is 381 g/mol. The highest BCUT2D eigenvalue weighted by Crippen LogP contribution is 2.18. The van der Waals surface area contributed by atoms with Crippen LogP contribution in [0, 0.1) is 0 Å². The van der Waals surface area contributed by atoms with Gasteiger partial charge in [-0.2, -0.15) is 0 Å². The SMILES string of the molecule is CCCCCCCCCCCCCCOc1ccc(C(=O)CC(=O)OC)o1. The van der Waals surface area contributed by atoms with Crippen LogP contribution >= 0.6 is 0 Å². The van der Waals surface area contributed by atoms with Gasteiger partial charge < -0.3 is 13.9 Å². The van der Waals surface area contributed by atoms with Crippen molar-refractivity contribution in [2.75, 3.05) is 13.7 Å². The molecule has 1 heterocycles. The summed E-state index contributed by atoms with van der Waals surface area (Å²) in [5.41, 5.74) is 0. The van der Waals surface area contributed by atoms with Crippen LogP contribution in [0.1, 0.15) is 101 Å². The van der Waals surface area contributed by atoms with Crippen LogP contribution in [0.15, 0.2) is 16.5 Å². The molecular weight excluding hydrogens is 344 g/mol. The highest BCUT2D eigenvalue weighted by Gasteiger charge is 2.16. The fourth-order valence-electron chi connectivity index (χ4n) is 2.95. The van der Waals surface area contributed by atoms with Crippen molar-refractivity contribution in [2.45, 2.75) is 90.4 Å². The van der Waals surface area contributed by atoms with Gasteiger partial charge in [-0.15, -0.1) is 0 Å². The third-order valence-electron chi connectivity index (χ3n) is 4.63. The maximum atomic E-state index is 11.8. The van der Waals surface area contributed by atoms with E-state index in [9.17, 15) is 9.59 Å². The molecule has 5 heteroatoms. The largest absolute Gasteiger partial charge is 0.469 e. The van der Waals surface area contributed by atoms with E-state index in [-0.39, 0.29) is 12.2 Å². The third kappa shape index (κ3) is 11.5. The van der Waals surface area contributed by atoms with Gasteiger partial charge in [0, 0.05) is 6.07 Å². The molecule has 0 amide bonds. The standard InChI is InChI=1S/C22H36O5/c1-3-4-5-6-7-8-9-10-11-12-13-14-17-26-22-16-15-20(27-22)19(23)18-21(24)25-2/h15-16H,3-14,17-18H2,1-2H3. The van der Waals surface area contributed by atoms with Gasteiger partial charge in [-0.05, 0) is 12.5 Å². The van der Waals surface area contributed by atoms with Gasteiger partial charge in [-0.25, -0.2) is 0 Å². The Morgan fingerprint density at radius 1 is 0.852 bits per heavy atom. The summed E-state index contributed by atoms with van der Waals surface area (Å²) < 4.78 is 15.3. The summed E-state index contributed by atoms with van der Waals surface area (Å²) in [6, 6.07) is 3.15. The fraction of sp³-hybridized carbons (Fsp3) is 0.727. The highest BCUT2D eigenvalue weighted by molar-refractivity contribution is 6.04. The van der Waals surface area contributed by atoms with E-state index in [0.29, 0.717) is 12.6 Å². The first kappa shape index (κ1) is 23.3. The van der Waals surface area contributed by atoms with E-state index in [4.69, 9.17) is 9.15 Å². The molecule has 0 unspecified atom stereocenters. The number of ether oxygens (including phenoxy) is 2. The van der Waals surface area contributed by atoms with Crippen LogP contribution < -0.4 is 4.74 Å². The van der Waals surface area contributed by atoms with Crippen LogP contribution in [0.5, 0.6) is 5.95 Å². The molecule has 1 aromatic heterocycles. The third-order valence-corrected chi connectivity index (χ3v) is 4.63. The maximum Gasteiger partial charge on any atom is 0.313 e. The maximum absolute atomic E-state index is 11.8. The average Bonchev–Trinajstić information content (AvgIpc) is 3.14. The van der Waals surface area contributed by atoms with Crippen molar-refractivity contribution >= 4 is 11.8 Å². The second-order valence-corrected chi connectivity index (χ2v) is 7.03. The molecule has 1 aromatic rings. The Bertz CT molecular complexity index is 521. The molecule has 0 aromatic carbocycles. The summed E-state index contributed by atoms with van der Waals surface area (Å²) in [7, 11) is 1.25. The smallest absolute Gasteiger partial charge is 0.313 e. The topological polar surface area (TPSA) is 65.7 Å². The predicted molar refractivity (Wildman–Crippen MR) is 106 cm³/mol. The van der Waals surface area contributed by atoms with E-state index in [1.165, 1.54) is 77.4 Å². The first-order valence-electron chi connectivity index (χ1n) is 10.5. The number of hydrogen-bond acceptors (Lipinski definition) is 5. The number of hydrogen-bond donors (Lipinski definition) is 0. The molecule has 0 radical (unpaired) electrons. The Morgan fingerprint density at radius 3 is 1.96 bits per heavy atom. The summed E-state index contributed by atoms with van der Waals surface area (Å²) in [6.45, 7) is 2.83. The molecule has 0 bridgehead atoms. The van der Waals surface area contributed by atoms with E-state index < -0.39 is 11.8 Å². The lowest BCUT2D eigenvalue weighted by atomic mass is 10.1. The van der Waals surface area contributed by atoms with E-state index in [1.54, 1.807) is 6.07 Å². The molecule has 0 spiro atoms. The molecule has 0 aliphatic heterocycles. The van der Waals surface area contributed by atoms with Crippen LogP contribution in [-0.4, -0.2) is 25.5 Å². The molecule has 0 fully saturated rings. The number of furan rings is 1. The monoisotopic (exact) mass is 380 g/mol. The Labute approximate surface area is 163 Å². The molecule has 0 aliphatic rings. The Kier molecular flexibility index (Phi) is 13.2. The summed E-state index contributed by atoms with van der Waals surface area (Å²) in [4.78, 5) is 22.9. The molecule has 0 aliphatic carbocycles. The highest BCUT2D eigenvalue weighted by atomic mass is 16.6. The second kappa shape index (κ2) is 15.3. The Hall–Kier alpha value is -1.78. The van der Waals surface area contributed by atoms with Crippen LogP contribution in [0.4, 0.5) is 0 Å². The van der Waals surface area contributed by atoms with Crippen LogP contribution in [0.25, 0.3) is 0 Å². The minimum Gasteiger partial charge on any atom is -0.469 e.